The summed E-state index contributed by atoms with van der Waals surface area (Å²) in [7, 11) is 0. The number of aromatic nitrogens is 2. The molecule has 0 aliphatic carbocycles. The number of ether oxygens (including phenoxy) is 1. The lowest BCUT2D eigenvalue weighted by molar-refractivity contribution is 0.00986. The molecule has 3 rings (SSSR count). The number of hydrogen-bond acceptors (Lipinski definition) is 3. The molecule has 0 saturated carbocycles. The Morgan fingerprint density at radius 2 is 2.36 bits per heavy atom. The summed E-state index contributed by atoms with van der Waals surface area (Å²) < 4.78 is 141. The minimum absolute atomic E-state index is 0.125. The van der Waals surface area contributed by atoms with Gasteiger partial charge in [-0.1, -0.05) is 6.04 Å². The maximum Gasteiger partial charge on any atom is 0.410 e. The zero-order chi connectivity index (χ0) is 32.3. The molecule has 5 nitrogen and oxygen atoms in total. The van der Waals surface area contributed by atoms with E-state index in [4.69, 9.17) is 26.7 Å². The number of pyridine rings is 1. The lowest BCUT2D eigenvalue weighted by atomic mass is 9.98. The van der Waals surface area contributed by atoms with Crippen LogP contribution in [0.1, 0.15) is 78.6 Å². The standard InChI is InChI=1S/C20H29N3O2/c1-14-10-15(2)18-21-16(13-22(18)12-14)11-17-8-6-7-9-23(17)19(24)25-20(3,4)5/h10,12-13,17H,6-9,11H2,1-5H3/t17-/m0/s1/i2D2,6D2,7D2,8D2,9D2,10D,11D2,12D,13D,17D. The largest absolute Gasteiger partial charge is 0.444 e. The van der Waals surface area contributed by atoms with Crippen LogP contribution in [0.4, 0.5) is 4.79 Å². The zero-order valence-electron chi connectivity index (χ0n) is 30.2. The van der Waals surface area contributed by atoms with E-state index in [9.17, 15) is 4.79 Å². The summed E-state index contributed by atoms with van der Waals surface area (Å²) in [5, 5.41) is 0. The summed E-state index contributed by atoms with van der Waals surface area (Å²) in [5.41, 5.74) is -3.85. The minimum atomic E-state index is -4.08. The number of likely N-dealkylation sites (tertiary alicyclic amines) is 1. The Morgan fingerprint density at radius 1 is 1.56 bits per heavy atom. The molecular formula is C20H29N3O2. The van der Waals surface area contributed by atoms with Crippen LogP contribution in [-0.2, 0) is 11.1 Å². The minimum Gasteiger partial charge on any atom is -0.444 e. The van der Waals surface area contributed by atoms with Gasteiger partial charge in [-0.25, -0.2) is 9.78 Å². The van der Waals surface area contributed by atoms with Crippen molar-refractivity contribution in [3.05, 3.63) is 35.2 Å². The first-order valence-corrected chi connectivity index (χ1v) is 7.44. The highest BCUT2D eigenvalue weighted by molar-refractivity contribution is 5.68. The van der Waals surface area contributed by atoms with Crippen molar-refractivity contribution in [1.82, 2.24) is 14.3 Å². The van der Waals surface area contributed by atoms with Crippen LogP contribution in [0.2, 0.25) is 0 Å². The second-order valence-electron chi connectivity index (χ2n) is 6.28. The first-order chi connectivity index (χ1) is 18.1. The molecule has 1 saturated heterocycles. The molecule has 0 radical (unpaired) electrons. The Morgan fingerprint density at radius 3 is 3.08 bits per heavy atom. The molecule has 2 aromatic rings. The number of rotatable bonds is 2. The van der Waals surface area contributed by atoms with Crippen molar-refractivity contribution in [3.63, 3.8) is 0 Å². The van der Waals surface area contributed by atoms with Crippen LogP contribution < -0.4 is 0 Å². The van der Waals surface area contributed by atoms with Crippen LogP contribution in [0, 0.1) is 13.8 Å². The van der Waals surface area contributed by atoms with E-state index >= 15 is 0 Å². The maximum absolute atomic E-state index is 13.4. The van der Waals surface area contributed by atoms with Crippen molar-refractivity contribution in [1.29, 1.82) is 0 Å². The van der Waals surface area contributed by atoms with Gasteiger partial charge in [-0.3, -0.25) is 0 Å². The Labute approximate surface area is 172 Å². The van der Waals surface area contributed by atoms with Crippen molar-refractivity contribution in [2.75, 3.05) is 6.50 Å². The number of imidazole rings is 1. The molecule has 5 heteroatoms. The summed E-state index contributed by atoms with van der Waals surface area (Å²) in [6.45, 7) is -0.644. The third kappa shape index (κ3) is 4.14. The van der Waals surface area contributed by atoms with E-state index in [2.05, 4.69) is 4.98 Å². The normalized spacial score (nSPS) is 39.6. The lowest BCUT2D eigenvalue weighted by Crippen LogP contribution is -2.47. The van der Waals surface area contributed by atoms with Crippen LogP contribution in [0.5, 0.6) is 0 Å². The second kappa shape index (κ2) is 6.70. The maximum atomic E-state index is 13.4. The molecule has 0 spiro atoms. The number of amides is 1. The molecule has 0 bridgehead atoms. The van der Waals surface area contributed by atoms with Gasteiger partial charge in [0.2, 0.25) is 0 Å². The molecule has 0 unspecified atom stereocenters. The van der Waals surface area contributed by atoms with Gasteiger partial charge in [0.05, 0.1) is 11.2 Å². The topological polar surface area (TPSA) is 46.8 Å². The molecule has 3 heterocycles. The third-order valence-corrected chi connectivity index (χ3v) is 2.94. The first-order valence-electron chi connectivity index (χ1n) is 15.6. The number of piperidine rings is 1. The van der Waals surface area contributed by atoms with Crippen LogP contribution in [0.25, 0.3) is 5.65 Å². The number of carbonyl (C=O) groups is 1. The average Bonchev–Trinajstić information content (AvgIpc) is 3.12. The molecule has 1 amide bonds. The Bertz CT molecular complexity index is 1410. The number of aryl methyl sites for hydroxylation is 1. The number of nitrogens with zero attached hydrogens (tertiary/aromatic N) is 3. The molecule has 1 aliphatic rings. The van der Waals surface area contributed by atoms with E-state index in [1.807, 2.05) is 0 Å². The molecule has 25 heavy (non-hydrogen) atoms. The molecular weight excluding hydrogens is 314 g/mol. The first kappa shape index (κ1) is 6.60. The fraction of sp³-hybridized carbons (Fsp3) is 0.600. The average molecular weight is 360 g/mol. The highest BCUT2D eigenvalue weighted by Gasteiger charge is 2.31. The van der Waals surface area contributed by atoms with Gasteiger partial charge in [0, 0.05) is 47.7 Å². The smallest absolute Gasteiger partial charge is 0.410 e. The Kier molecular flexibility index (Phi) is 1.77. The Balaban J connectivity index is 2.54. The number of hydrogen-bond donors (Lipinski definition) is 0. The van der Waals surface area contributed by atoms with E-state index in [0.29, 0.717) is 4.40 Å². The molecule has 0 N–H and O–H groups in total. The van der Waals surface area contributed by atoms with E-state index in [0.717, 1.165) is 0 Å². The summed E-state index contributed by atoms with van der Waals surface area (Å²) in [4.78, 5) is 16.8. The SMILES string of the molecule is [2H]c1c(C)c([2H])n2c([2H])c(C([2H])([2H])[C@@]3([2H])N(C(=O)OC(C)(C)C)C([2H])([2H])C([2H])([2H])C([2H])([2H])C3([2H])[2H])nc2c1C([2H])[2H]. The van der Waals surface area contributed by atoms with Gasteiger partial charge in [-0.15, -0.1) is 0 Å². The molecule has 0 aromatic carbocycles. The van der Waals surface area contributed by atoms with Crippen molar-refractivity contribution < 1.29 is 31.5 Å². The number of carbonyl (C=O) groups excluding carboxylic acids is 1. The number of fused-ring (bicyclic) bond motifs is 1. The molecule has 136 valence electrons. The highest BCUT2D eigenvalue weighted by atomic mass is 16.6. The second-order valence-corrected chi connectivity index (χ2v) is 6.28. The van der Waals surface area contributed by atoms with E-state index in [1.165, 1.54) is 27.7 Å². The predicted molar refractivity (Wildman–Crippen MR) is 98.9 cm³/mol. The monoisotopic (exact) mass is 359 g/mol. The molecule has 1 fully saturated rings. The van der Waals surface area contributed by atoms with Crippen LogP contribution in [0.15, 0.2) is 18.4 Å². The van der Waals surface area contributed by atoms with Crippen molar-refractivity contribution in [2.24, 2.45) is 0 Å². The quantitative estimate of drug-likeness (QED) is 0.804. The van der Waals surface area contributed by atoms with E-state index in [1.54, 1.807) is 0 Å². The van der Waals surface area contributed by atoms with Crippen LogP contribution in [0.3, 0.4) is 0 Å². The van der Waals surface area contributed by atoms with Crippen molar-refractivity contribution >= 4 is 11.7 Å². The fourth-order valence-electron chi connectivity index (χ4n) is 2.04. The highest BCUT2D eigenvalue weighted by Crippen LogP contribution is 2.24. The zero-order valence-corrected chi connectivity index (χ0v) is 14.2. The molecule has 2 aromatic heterocycles. The third-order valence-electron chi connectivity index (χ3n) is 2.94. The summed E-state index contributed by atoms with van der Waals surface area (Å²) >= 11 is 0. The summed E-state index contributed by atoms with van der Waals surface area (Å²) in [6, 6.07) is -4.56. The van der Waals surface area contributed by atoms with Crippen LogP contribution in [-0.4, -0.2) is 38.5 Å². The van der Waals surface area contributed by atoms with Gasteiger partial charge < -0.3 is 14.0 Å². The van der Waals surface area contributed by atoms with Gasteiger partial charge in [0.1, 0.15) is 11.2 Å². The van der Waals surface area contributed by atoms with E-state index in [-0.39, 0.29) is 5.56 Å². The van der Waals surface area contributed by atoms with E-state index < -0.39 is 96.8 Å². The summed E-state index contributed by atoms with van der Waals surface area (Å²) in [6.07, 6.45) is -19.3. The van der Waals surface area contributed by atoms with Gasteiger partial charge in [-0.2, -0.15) is 0 Å². The van der Waals surface area contributed by atoms with Crippen molar-refractivity contribution in [3.8, 4) is 0 Å². The lowest BCUT2D eigenvalue weighted by Gasteiger charge is -2.36. The predicted octanol–water partition coefficient (Wildman–Crippen LogP) is 4.28. The van der Waals surface area contributed by atoms with Gasteiger partial charge in [-0.05, 0) is 64.8 Å². The van der Waals surface area contributed by atoms with Crippen LogP contribution >= 0.6 is 0 Å². The summed E-state index contributed by atoms with van der Waals surface area (Å²) in [5.74, 6) is 0. The fourth-order valence-corrected chi connectivity index (χ4v) is 2.04. The van der Waals surface area contributed by atoms with Gasteiger partial charge >= 0.3 is 6.09 Å². The van der Waals surface area contributed by atoms with Crippen molar-refractivity contribution in [2.45, 2.75) is 71.7 Å². The van der Waals surface area contributed by atoms with Gasteiger partial charge in [0.15, 0.2) is 0 Å². The Hall–Kier alpha value is -2.04. The molecule has 1 atom stereocenters. The van der Waals surface area contributed by atoms with Gasteiger partial charge in [0.25, 0.3) is 0 Å². The molecule has 1 aliphatic heterocycles.